The zero-order valence-corrected chi connectivity index (χ0v) is 44.8. The van der Waals surface area contributed by atoms with E-state index in [0.29, 0.717) is 19.3 Å². The Bertz CT molecular complexity index is 1420. The predicted molar refractivity (Wildman–Crippen MR) is 297 cm³/mol. The molecule has 1 unspecified atom stereocenters. The van der Waals surface area contributed by atoms with Crippen molar-refractivity contribution >= 4 is 17.9 Å². The third-order valence-corrected chi connectivity index (χ3v) is 11.8. The van der Waals surface area contributed by atoms with Crippen LogP contribution in [0.2, 0.25) is 0 Å². The highest BCUT2D eigenvalue weighted by Gasteiger charge is 2.19. The fourth-order valence-electron chi connectivity index (χ4n) is 7.51. The molecule has 0 heterocycles. The Balaban J connectivity index is 4.22. The van der Waals surface area contributed by atoms with Crippen molar-refractivity contribution in [3.8, 4) is 0 Å². The molecule has 0 saturated heterocycles. The second-order valence-corrected chi connectivity index (χ2v) is 18.5. The van der Waals surface area contributed by atoms with Crippen LogP contribution in [0.25, 0.3) is 0 Å². The van der Waals surface area contributed by atoms with Gasteiger partial charge in [-0.2, -0.15) is 0 Å². The largest absolute Gasteiger partial charge is 0.462 e. The van der Waals surface area contributed by atoms with Crippen LogP contribution in [0.4, 0.5) is 0 Å². The Hall–Kier alpha value is -3.93. The first-order chi connectivity index (χ1) is 34.0. The monoisotopic (exact) mass is 957 g/mol. The molecule has 0 aliphatic carbocycles. The van der Waals surface area contributed by atoms with E-state index in [4.69, 9.17) is 14.2 Å². The van der Waals surface area contributed by atoms with Crippen LogP contribution in [-0.2, 0) is 28.6 Å². The van der Waals surface area contributed by atoms with Gasteiger partial charge in [-0.3, -0.25) is 14.4 Å². The second-order valence-electron chi connectivity index (χ2n) is 18.5. The normalized spacial score (nSPS) is 12.9. The summed E-state index contributed by atoms with van der Waals surface area (Å²) in [5.74, 6) is -0.957. The lowest BCUT2D eigenvalue weighted by molar-refractivity contribution is -0.167. The molecule has 0 radical (unpaired) electrons. The van der Waals surface area contributed by atoms with E-state index in [1.54, 1.807) is 0 Å². The Morgan fingerprint density at radius 3 is 0.928 bits per heavy atom. The molecule has 0 aliphatic rings. The van der Waals surface area contributed by atoms with Crippen LogP contribution in [0.3, 0.4) is 0 Å². The van der Waals surface area contributed by atoms with E-state index in [1.165, 1.54) is 89.9 Å². The first kappa shape index (κ1) is 65.1. The van der Waals surface area contributed by atoms with Gasteiger partial charge in [0, 0.05) is 19.3 Å². The summed E-state index contributed by atoms with van der Waals surface area (Å²) in [5.41, 5.74) is 0. The third kappa shape index (κ3) is 54.9. The van der Waals surface area contributed by atoms with Crippen LogP contribution >= 0.6 is 0 Å². The summed E-state index contributed by atoms with van der Waals surface area (Å²) in [6.07, 6.45) is 77.0. The number of allylic oxidation sites excluding steroid dienone is 18. The summed E-state index contributed by atoms with van der Waals surface area (Å²) in [5, 5.41) is 0. The highest BCUT2D eigenvalue weighted by molar-refractivity contribution is 5.71. The minimum Gasteiger partial charge on any atom is -0.462 e. The lowest BCUT2D eigenvalue weighted by Gasteiger charge is -2.18. The van der Waals surface area contributed by atoms with Crippen LogP contribution < -0.4 is 0 Å². The molecule has 0 aliphatic heterocycles. The molecule has 1 atom stereocenters. The van der Waals surface area contributed by atoms with Gasteiger partial charge in [-0.15, -0.1) is 0 Å². The van der Waals surface area contributed by atoms with Crippen LogP contribution in [-0.4, -0.2) is 37.2 Å². The summed E-state index contributed by atoms with van der Waals surface area (Å²) < 4.78 is 16.7. The highest BCUT2D eigenvalue weighted by atomic mass is 16.6. The van der Waals surface area contributed by atoms with Gasteiger partial charge in [0.15, 0.2) is 6.10 Å². The number of rotatable bonds is 50. The van der Waals surface area contributed by atoms with Crippen LogP contribution in [0.15, 0.2) is 109 Å². The number of hydrogen-bond donors (Lipinski definition) is 0. The molecule has 0 spiro atoms. The molecule has 0 N–H and O–H groups in total. The molecule has 6 heteroatoms. The molecular formula is C63H104O6. The molecular weight excluding hydrogens is 853 g/mol. The van der Waals surface area contributed by atoms with Crippen molar-refractivity contribution in [2.45, 2.75) is 258 Å². The summed E-state index contributed by atoms with van der Waals surface area (Å²) >= 11 is 0. The molecule has 392 valence electrons. The van der Waals surface area contributed by atoms with Crippen molar-refractivity contribution in [1.82, 2.24) is 0 Å². The minimum atomic E-state index is -0.795. The Morgan fingerprint density at radius 2 is 0.565 bits per heavy atom. The SMILES string of the molecule is CC/C=C\C/C=C\C/C=C\C/C=C\C/C=C\C/C=C\C/C=C\C/C=C\CCCCC(=O)OCC(COC(=O)CCCCCCC)OC(=O)CCCCCCCCCCC/C=C\CCCCCCCC. The first-order valence-electron chi connectivity index (χ1n) is 28.4. The maximum atomic E-state index is 12.8. The summed E-state index contributed by atoms with van der Waals surface area (Å²) in [6.45, 7) is 6.40. The van der Waals surface area contributed by atoms with E-state index in [9.17, 15) is 14.4 Å². The predicted octanol–water partition coefficient (Wildman–Crippen LogP) is 19.1. The smallest absolute Gasteiger partial charge is 0.306 e. The summed E-state index contributed by atoms with van der Waals surface area (Å²) in [4.78, 5) is 37.8. The van der Waals surface area contributed by atoms with E-state index in [2.05, 4.69) is 130 Å². The molecule has 0 bridgehead atoms. The lowest BCUT2D eigenvalue weighted by Crippen LogP contribution is -2.30. The fraction of sp³-hybridized carbons (Fsp3) is 0.667. The van der Waals surface area contributed by atoms with Gasteiger partial charge in [0.25, 0.3) is 0 Å². The molecule has 6 nitrogen and oxygen atoms in total. The van der Waals surface area contributed by atoms with Crippen molar-refractivity contribution in [3.63, 3.8) is 0 Å². The van der Waals surface area contributed by atoms with Gasteiger partial charge < -0.3 is 14.2 Å². The Morgan fingerprint density at radius 1 is 0.304 bits per heavy atom. The number of unbranched alkanes of at least 4 members (excludes halogenated alkanes) is 21. The minimum absolute atomic E-state index is 0.0943. The number of ether oxygens (including phenoxy) is 3. The molecule has 69 heavy (non-hydrogen) atoms. The van der Waals surface area contributed by atoms with Gasteiger partial charge in [-0.05, 0) is 109 Å². The second kappa shape index (κ2) is 56.7. The maximum Gasteiger partial charge on any atom is 0.306 e. The van der Waals surface area contributed by atoms with E-state index in [0.717, 1.165) is 122 Å². The molecule has 0 aromatic rings. The number of hydrogen-bond acceptors (Lipinski definition) is 6. The van der Waals surface area contributed by atoms with E-state index >= 15 is 0 Å². The highest BCUT2D eigenvalue weighted by Crippen LogP contribution is 2.14. The van der Waals surface area contributed by atoms with Gasteiger partial charge in [0.1, 0.15) is 13.2 Å². The zero-order valence-electron chi connectivity index (χ0n) is 44.8. The molecule has 0 aromatic heterocycles. The van der Waals surface area contributed by atoms with Crippen LogP contribution in [0.5, 0.6) is 0 Å². The third-order valence-electron chi connectivity index (χ3n) is 11.8. The Labute approximate surface area is 425 Å². The molecule has 0 aromatic carbocycles. The maximum absolute atomic E-state index is 12.8. The quantitative estimate of drug-likeness (QED) is 0.0262. The van der Waals surface area contributed by atoms with Crippen LogP contribution in [0, 0.1) is 0 Å². The van der Waals surface area contributed by atoms with E-state index in [1.807, 2.05) is 0 Å². The topological polar surface area (TPSA) is 78.9 Å². The average molecular weight is 958 g/mol. The van der Waals surface area contributed by atoms with Crippen molar-refractivity contribution in [1.29, 1.82) is 0 Å². The van der Waals surface area contributed by atoms with E-state index in [-0.39, 0.29) is 31.1 Å². The standard InChI is InChI=1S/C63H104O6/c1-4-7-10-13-15-17-19-21-23-25-27-28-29-30-31-32-33-34-36-37-39-41-43-45-47-50-53-56-62(65)68-59-60(58-67-61(64)55-52-49-12-9-6-3)69-63(66)57-54-51-48-46-44-42-40-38-35-26-24-22-20-18-16-14-11-8-5-2/h7,10,15,17,21-24,27-28,30-31,33-34,37,39,43,45,60H,4-6,8-9,11-14,16,18-20,25-26,29,32,35-36,38,40-42,44,46-59H2,1-3H3/b10-7-,17-15-,23-21-,24-22-,28-27-,31-30-,34-33-,39-37-,45-43-. The van der Waals surface area contributed by atoms with E-state index < -0.39 is 6.10 Å². The van der Waals surface area contributed by atoms with Gasteiger partial charge >= 0.3 is 17.9 Å². The fourth-order valence-corrected chi connectivity index (χ4v) is 7.51. The van der Waals surface area contributed by atoms with Crippen molar-refractivity contribution in [2.75, 3.05) is 13.2 Å². The molecule has 0 rings (SSSR count). The lowest BCUT2D eigenvalue weighted by atomic mass is 10.1. The molecule has 0 saturated carbocycles. The average Bonchev–Trinajstić information content (AvgIpc) is 3.35. The zero-order chi connectivity index (χ0) is 50.0. The van der Waals surface area contributed by atoms with Gasteiger partial charge in [-0.1, -0.05) is 233 Å². The Kier molecular flexibility index (Phi) is 53.4. The molecule has 0 amide bonds. The first-order valence-corrected chi connectivity index (χ1v) is 28.4. The number of esters is 3. The van der Waals surface area contributed by atoms with Crippen molar-refractivity contribution in [2.24, 2.45) is 0 Å². The van der Waals surface area contributed by atoms with Gasteiger partial charge in [-0.25, -0.2) is 0 Å². The molecule has 0 fully saturated rings. The van der Waals surface area contributed by atoms with Crippen molar-refractivity contribution in [3.05, 3.63) is 109 Å². The number of carbonyl (C=O) groups is 3. The van der Waals surface area contributed by atoms with Gasteiger partial charge in [0.2, 0.25) is 0 Å². The number of carbonyl (C=O) groups excluding carboxylic acids is 3. The van der Waals surface area contributed by atoms with Crippen LogP contribution in [0.1, 0.15) is 252 Å². The summed E-state index contributed by atoms with van der Waals surface area (Å²) in [7, 11) is 0. The summed E-state index contributed by atoms with van der Waals surface area (Å²) in [6, 6.07) is 0. The van der Waals surface area contributed by atoms with Crippen molar-refractivity contribution < 1.29 is 28.6 Å². The van der Waals surface area contributed by atoms with Gasteiger partial charge in [0.05, 0.1) is 0 Å².